The van der Waals surface area contributed by atoms with E-state index in [1.54, 1.807) is 13.8 Å². The first-order chi connectivity index (χ1) is 15.4. The fraction of sp³-hybridized carbons (Fsp3) is 0.318. The molecule has 0 saturated carbocycles. The number of aromatic nitrogens is 3. The number of rotatable bonds is 9. The van der Waals surface area contributed by atoms with Crippen LogP contribution < -0.4 is 0 Å². The average Bonchev–Trinajstić information content (AvgIpc) is 3.25. The van der Waals surface area contributed by atoms with Gasteiger partial charge in [-0.15, -0.1) is 11.8 Å². The van der Waals surface area contributed by atoms with E-state index in [1.807, 2.05) is 0 Å². The number of carbonyl (C=O) groups is 1. The van der Waals surface area contributed by atoms with Crippen LogP contribution in [0.15, 0.2) is 60.0 Å². The van der Waals surface area contributed by atoms with Crippen molar-refractivity contribution in [2.45, 2.75) is 41.4 Å². The van der Waals surface area contributed by atoms with E-state index in [9.17, 15) is 27.1 Å². The van der Waals surface area contributed by atoms with E-state index >= 15 is 0 Å². The lowest BCUT2D eigenvalue weighted by molar-refractivity contribution is 0.0132. The standard InChI is InChI=1S/C22H23F2N3O4S2/c1-14(21(28)16-4-7-18(8-5-16)33(3,30)31)32-15(2)22(29,11-27-13-25-12-26-27)19-9-6-17(23)10-20(19)24/h4-10,12-15,29H,11H2,1-3H3/t14-,15+,22+/m0/s1. The summed E-state index contributed by atoms with van der Waals surface area (Å²) in [6, 6.07) is 8.51. The summed E-state index contributed by atoms with van der Waals surface area (Å²) < 4.78 is 52.7. The Hall–Kier alpha value is -2.63. The van der Waals surface area contributed by atoms with Crippen molar-refractivity contribution in [3.63, 3.8) is 0 Å². The van der Waals surface area contributed by atoms with Gasteiger partial charge in [0.1, 0.15) is 29.9 Å². The van der Waals surface area contributed by atoms with Crippen molar-refractivity contribution in [2.75, 3.05) is 6.26 Å². The maximum Gasteiger partial charge on any atom is 0.175 e. The van der Waals surface area contributed by atoms with Crippen LogP contribution in [-0.2, 0) is 22.0 Å². The number of halogens is 2. The summed E-state index contributed by atoms with van der Waals surface area (Å²) in [6.45, 7) is 3.11. The van der Waals surface area contributed by atoms with E-state index in [0.717, 1.165) is 24.1 Å². The number of Topliss-reactive ketones (excluding diaryl/α,β-unsaturated/α-hetero) is 1. The van der Waals surface area contributed by atoms with Crippen molar-refractivity contribution in [1.82, 2.24) is 14.8 Å². The Balaban J connectivity index is 1.86. The van der Waals surface area contributed by atoms with E-state index < -0.39 is 37.6 Å². The number of sulfone groups is 1. The molecule has 0 spiro atoms. The highest BCUT2D eigenvalue weighted by atomic mass is 32.2. The Labute approximate surface area is 194 Å². The second-order valence-electron chi connectivity index (χ2n) is 7.72. The minimum atomic E-state index is -3.39. The SMILES string of the molecule is C[C@H](S[C@H](C)[C@](O)(Cn1cncn1)c1ccc(F)cc1F)C(=O)c1ccc(S(C)(=O)=O)cc1. The van der Waals surface area contributed by atoms with Crippen LogP contribution in [0.3, 0.4) is 0 Å². The zero-order chi connectivity index (χ0) is 24.4. The minimum Gasteiger partial charge on any atom is -0.382 e. The van der Waals surface area contributed by atoms with E-state index in [-0.39, 0.29) is 22.8 Å². The van der Waals surface area contributed by atoms with E-state index in [1.165, 1.54) is 47.7 Å². The maximum atomic E-state index is 14.7. The van der Waals surface area contributed by atoms with E-state index in [0.29, 0.717) is 11.6 Å². The van der Waals surface area contributed by atoms with Crippen molar-refractivity contribution in [2.24, 2.45) is 0 Å². The predicted octanol–water partition coefficient (Wildman–Crippen LogP) is 3.24. The Kier molecular flexibility index (Phi) is 7.35. The van der Waals surface area contributed by atoms with Gasteiger partial charge in [-0.1, -0.05) is 25.1 Å². The molecule has 0 amide bonds. The average molecular weight is 496 g/mol. The third kappa shape index (κ3) is 5.66. The van der Waals surface area contributed by atoms with Crippen molar-refractivity contribution in [3.05, 3.63) is 77.9 Å². The van der Waals surface area contributed by atoms with Gasteiger partial charge in [-0.3, -0.25) is 4.79 Å². The van der Waals surface area contributed by atoms with Gasteiger partial charge in [-0.05, 0) is 25.1 Å². The van der Waals surface area contributed by atoms with Gasteiger partial charge in [-0.2, -0.15) is 5.10 Å². The fourth-order valence-corrected chi connectivity index (χ4v) is 5.35. The highest BCUT2D eigenvalue weighted by molar-refractivity contribution is 8.01. The molecule has 1 aromatic heterocycles. The molecule has 2 aromatic carbocycles. The molecule has 0 fully saturated rings. The van der Waals surface area contributed by atoms with Gasteiger partial charge in [0.2, 0.25) is 0 Å². The summed E-state index contributed by atoms with van der Waals surface area (Å²) >= 11 is 1.11. The molecule has 7 nitrogen and oxygen atoms in total. The quantitative estimate of drug-likeness (QED) is 0.455. The Morgan fingerprint density at radius 3 is 2.39 bits per heavy atom. The molecule has 3 aromatic rings. The molecular formula is C22H23F2N3O4S2. The zero-order valence-electron chi connectivity index (χ0n) is 18.1. The van der Waals surface area contributed by atoms with Crippen LogP contribution in [0, 0.1) is 11.6 Å². The summed E-state index contributed by atoms with van der Waals surface area (Å²) in [6.07, 6.45) is 3.71. The topological polar surface area (TPSA) is 102 Å². The van der Waals surface area contributed by atoms with Crippen LogP contribution in [0.5, 0.6) is 0 Å². The molecular weight excluding hydrogens is 472 g/mol. The molecule has 1 N–H and O–H groups in total. The first kappa shape index (κ1) is 25.0. The monoisotopic (exact) mass is 495 g/mol. The number of hydrogen-bond acceptors (Lipinski definition) is 7. The van der Waals surface area contributed by atoms with Crippen LogP contribution in [0.2, 0.25) is 0 Å². The van der Waals surface area contributed by atoms with Crippen LogP contribution in [0.25, 0.3) is 0 Å². The number of aliphatic hydroxyl groups is 1. The first-order valence-electron chi connectivity index (χ1n) is 9.92. The summed E-state index contributed by atoms with van der Waals surface area (Å²) in [7, 11) is -3.39. The number of ketones is 1. The molecule has 3 atom stereocenters. The molecule has 1 heterocycles. The van der Waals surface area contributed by atoms with Crippen LogP contribution in [0.4, 0.5) is 8.78 Å². The second-order valence-corrected chi connectivity index (χ2v) is 11.4. The maximum absolute atomic E-state index is 14.7. The van der Waals surface area contributed by atoms with Crippen molar-refractivity contribution in [3.8, 4) is 0 Å². The molecule has 0 aliphatic rings. The fourth-order valence-electron chi connectivity index (χ4n) is 3.42. The Morgan fingerprint density at radius 1 is 1.18 bits per heavy atom. The van der Waals surface area contributed by atoms with Gasteiger partial charge in [-0.25, -0.2) is 26.9 Å². The molecule has 0 saturated heterocycles. The first-order valence-corrected chi connectivity index (χ1v) is 12.8. The Morgan fingerprint density at radius 2 is 1.85 bits per heavy atom. The lowest BCUT2D eigenvalue weighted by Crippen LogP contribution is -2.42. The summed E-state index contributed by atoms with van der Waals surface area (Å²) in [4.78, 5) is 16.9. The van der Waals surface area contributed by atoms with Gasteiger partial charge in [0.15, 0.2) is 15.6 Å². The molecule has 0 aliphatic carbocycles. The molecule has 33 heavy (non-hydrogen) atoms. The van der Waals surface area contributed by atoms with E-state index in [4.69, 9.17) is 0 Å². The molecule has 3 rings (SSSR count). The third-order valence-electron chi connectivity index (χ3n) is 5.28. The van der Waals surface area contributed by atoms with Gasteiger partial charge in [0.05, 0.1) is 16.7 Å². The minimum absolute atomic E-state index is 0.0988. The molecule has 0 radical (unpaired) electrons. The lowest BCUT2D eigenvalue weighted by Gasteiger charge is -2.35. The van der Waals surface area contributed by atoms with Crippen LogP contribution in [-0.4, -0.2) is 50.8 Å². The molecule has 176 valence electrons. The van der Waals surface area contributed by atoms with E-state index in [2.05, 4.69) is 10.1 Å². The smallest absolute Gasteiger partial charge is 0.175 e. The second kappa shape index (κ2) is 9.70. The van der Waals surface area contributed by atoms with Crippen LogP contribution in [0.1, 0.15) is 29.8 Å². The summed E-state index contributed by atoms with van der Waals surface area (Å²) in [5.74, 6) is -1.98. The Bertz CT molecular complexity index is 1240. The van der Waals surface area contributed by atoms with Crippen LogP contribution >= 0.6 is 11.8 Å². The largest absolute Gasteiger partial charge is 0.382 e. The highest BCUT2D eigenvalue weighted by Gasteiger charge is 2.41. The zero-order valence-corrected chi connectivity index (χ0v) is 19.8. The van der Waals surface area contributed by atoms with Crippen molar-refractivity contribution >= 4 is 27.4 Å². The molecule has 0 bridgehead atoms. The number of benzene rings is 2. The number of nitrogens with zero attached hydrogens (tertiary/aromatic N) is 3. The normalized spacial score (nSPS) is 15.6. The third-order valence-corrected chi connectivity index (χ3v) is 7.83. The molecule has 11 heteroatoms. The van der Waals surface area contributed by atoms with Gasteiger partial charge in [0.25, 0.3) is 0 Å². The summed E-state index contributed by atoms with van der Waals surface area (Å²) in [5, 5.41) is 14.2. The lowest BCUT2D eigenvalue weighted by atomic mass is 9.90. The predicted molar refractivity (Wildman–Crippen MR) is 121 cm³/mol. The number of hydrogen-bond donors (Lipinski definition) is 1. The number of carbonyl (C=O) groups excluding carboxylic acids is 1. The number of thioether (sulfide) groups is 1. The van der Waals surface area contributed by atoms with Crippen molar-refractivity contribution < 1.29 is 27.1 Å². The molecule has 0 unspecified atom stereocenters. The highest BCUT2D eigenvalue weighted by Crippen LogP contribution is 2.38. The van der Waals surface area contributed by atoms with Gasteiger partial charge < -0.3 is 5.11 Å². The van der Waals surface area contributed by atoms with Gasteiger partial charge >= 0.3 is 0 Å². The summed E-state index contributed by atoms with van der Waals surface area (Å²) in [5.41, 5.74) is -1.66. The van der Waals surface area contributed by atoms with Crippen molar-refractivity contribution in [1.29, 1.82) is 0 Å². The van der Waals surface area contributed by atoms with Gasteiger partial charge in [0, 0.05) is 28.7 Å². The molecule has 0 aliphatic heterocycles.